The first-order chi connectivity index (χ1) is 7.43. The zero-order valence-electron chi connectivity index (χ0n) is 9.71. The van der Waals surface area contributed by atoms with Crippen LogP contribution in [0.5, 0.6) is 5.75 Å². The summed E-state index contributed by atoms with van der Waals surface area (Å²) in [5, 5.41) is 4.11. The molecule has 1 aromatic heterocycles. The van der Waals surface area contributed by atoms with E-state index in [0.717, 1.165) is 12.4 Å². The number of rotatable bonds is 9. The van der Waals surface area contributed by atoms with Crippen molar-refractivity contribution in [2.24, 2.45) is 0 Å². The number of unbranched alkanes of at least 4 members (excludes halogenated alkanes) is 6. The maximum Gasteiger partial charge on any atom is 0.129 e. The average molecular weight is 226 g/mol. The van der Waals surface area contributed by atoms with Gasteiger partial charge in [-0.25, -0.2) is 0 Å². The second-order valence-electron chi connectivity index (χ2n) is 3.93. The van der Waals surface area contributed by atoms with Crippen molar-refractivity contribution in [2.45, 2.75) is 51.9 Å². The van der Waals surface area contributed by atoms with E-state index < -0.39 is 0 Å². The molecule has 0 aliphatic carbocycles. The molecule has 0 N–H and O–H groups in total. The van der Waals surface area contributed by atoms with Crippen molar-refractivity contribution in [2.75, 3.05) is 6.61 Å². The van der Waals surface area contributed by atoms with E-state index in [4.69, 9.17) is 4.74 Å². The van der Waals surface area contributed by atoms with Crippen LogP contribution in [0.25, 0.3) is 0 Å². The summed E-state index contributed by atoms with van der Waals surface area (Å²) in [6.45, 7) is 3.14. The van der Waals surface area contributed by atoms with Crippen LogP contribution in [-0.2, 0) is 0 Å². The Bertz CT molecular complexity index is 218. The molecule has 1 nitrogen and oxygen atoms in total. The third kappa shape index (κ3) is 6.56. The minimum atomic E-state index is 0.879. The molecule has 0 radical (unpaired) electrons. The highest BCUT2D eigenvalue weighted by Crippen LogP contribution is 2.15. The van der Waals surface area contributed by atoms with Gasteiger partial charge in [0.05, 0.1) is 6.61 Å². The highest BCUT2D eigenvalue weighted by Gasteiger charge is 1.93. The topological polar surface area (TPSA) is 9.23 Å². The van der Waals surface area contributed by atoms with Gasteiger partial charge >= 0.3 is 0 Å². The van der Waals surface area contributed by atoms with Crippen LogP contribution < -0.4 is 4.74 Å². The largest absolute Gasteiger partial charge is 0.493 e. The van der Waals surface area contributed by atoms with E-state index in [1.807, 2.05) is 6.07 Å². The first-order valence-corrected chi connectivity index (χ1v) is 7.02. The van der Waals surface area contributed by atoms with Gasteiger partial charge in [-0.3, -0.25) is 0 Å². The summed E-state index contributed by atoms with van der Waals surface area (Å²) in [6.07, 6.45) is 9.41. The van der Waals surface area contributed by atoms with Crippen LogP contribution in [-0.4, -0.2) is 6.61 Å². The monoisotopic (exact) mass is 226 g/mol. The van der Waals surface area contributed by atoms with Crippen molar-refractivity contribution in [3.63, 3.8) is 0 Å². The van der Waals surface area contributed by atoms with Gasteiger partial charge in [0.2, 0.25) is 0 Å². The molecule has 0 aromatic carbocycles. The number of ether oxygens (including phenoxy) is 1. The van der Waals surface area contributed by atoms with Gasteiger partial charge in [-0.05, 0) is 17.9 Å². The molecule has 86 valence electrons. The summed E-state index contributed by atoms with van der Waals surface area (Å²) < 4.78 is 5.58. The molecule has 0 saturated heterocycles. The summed E-state index contributed by atoms with van der Waals surface area (Å²) in [7, 11) is 0. The first kappa shape index (κ1) is 12.6. The van der Waals surface area contributed by atoms with Crippen LogP contribution in [0.2, 0.25) is 0 Å². The lowest BCUT2D eigenvalue weighted by atomic mass is 10.1. The Labute approximate surface area is 97.5 Å². The summed E-state index contributed by atoms with van der Waals surface area (Å²) in [4.78, 5) is 0. The van der Waals surface area contributed by atoms with Gasteiger partial charge < -0.3 is 4.74 Å². The number of hydrogen-bond acceptors (Lipinski definition) is 2. The van der Waals surface area contributed by atoms with Gasteiger partial charge in [-0.1, -0.05) is 45.4 Å². The molecule has 2 heteroatoms. The first-order valence-electron chi connectivity index (χ1n) is 6.08. The molecule has 1 aromatic rings. The Morgan fingerprint density at radius 2 is 1.80 bits per heavy atom. The molecule has 1 heterocycles. The van der Waals surface area contributed by atoms with Crippen LogP contribution in [0.3, 0.4) is 0 Å². The summed E-state index contributed by atoms with van der Waals surface area (Å²) in [5.41, 5.74) is 0. The van der Waals surface area contributed by atoms with Crippen molar-refractivity contribution in [3.05, 3.63) is 16.8 Å². The second-order valence-corrected chi connectivity index (χ2v) is 4.71. The van der Waals surface area contributed by atoms with Crippen LogP contribution in [0, 0.1) is 0 Å². The lowest BCUT2D eigenvalue weighted by molar-refractivity contribution is 0.305. The van der Waals surface area contributed by atoms with E-state index in [-0.39, 0.29) is 0 Å². The zero-order chi connectivity index (χ0) is 10.8. The quantitative estimate of drug-likeness (QED) is 0.545. The van der Waals surface area contributed by atoms with E-state index in [1.54, 1.807) is 11.3 Å². The van der Waals surface area contributed by atoms with E-state index in [9.17, 15) is 0 Å². The fraction of sp³-hybridized carbons (Fsp3) is 0.692. The van der Waals surface area contributed by atoms with E-state index in [2.05, 4.69) is 17.7 Å². The second kappa shape index (κ2) is 8.78. The minimum absolute atomic E-state index is 0.879. The molecule has 0 fully saturated rings. The van der Waals surface area contributed by atoms with E-state index >= 15 is 0 Å². The molecule has 0 amide bonds. The van der Waals surface area contributed by atoms with Gasteiger partial charge in [0.25, 0.3) is 0 Å². The van der Waals surface area contributed by atoms with Gasteiger partial charge in [-0.2, -0.15) is 0 Å². The summed E-state index contributed by atoms with van der Waals surface area (Å²) in [5.74, 6) is 1.03. The molecule has 0 spiro atoms. The predicted molar refractivity (Wildman–Crippen MR) is 67.8 cm³/mol. The highest BCUT2D eigenvalue weighted by molar-refractivity contribution is 7.08. The summed E-state index contributed by atoms with van der Waals surface area (Å²) in [6, 6.07) is 2.03. The minimum Gasteiger partial charge on any atom is -0.493 e. The molecule has 15 heavy (non-hydrogen) atoms. The van der Waals surface area contributed by atoms with Crippen LogP contribution in [0.1, 0.15) is 51.9 Å². The van der Waals surface area contributed by atoms with Gasteiger partial charge in [0.15, 0.2) is 0 Å². The smallest absolute Gasteiger partial charge is 0.129 e. The van der Waals surface area contributed by atoms with Crippen LogP contribution >= 0.6 is 11.3 Å². The molecule has 1 rings (SSSR count). The lowest BCUT2D eigenvalue weighted by Gasteiger charge is -2.03. The fourth-order valence-electron chi connectivity index (χ4n) is 1.58. The molecular formula is C13H22OS. The molecule has 0 bridgehead atoms. The Morgan fingerprint density at radius 3 is 2.47 bits per heavy atom. The van der Waals surface area contributed by atoms with Crippen molar-refractivity contribution in [1.82, 2.24) is 0 Å². The molecule has 0 unspecified atom stereocenters. The zero-order valence-corrected chi connectivity index (χ0v) is 10.5. The Morgan fingerprint density at radius 1 is 1.07 bits per heavy atom. The maximum atomic E-state index is 5.58. The molecule has 0 saturated carbocycles. The van der Waals surface area contributed by atoms with Gasteiger partial charge in [0.1, 0.15) is 5.75 Å². The predicted octanol–water partition coefficient (Wildman–Crippen LogP) is 4.88. The highest BCUT2D eigenvalue weighted by atomic mass is 32.1. The van der Waals surface area contributed by atoms with Gasteiger partial charge in [0, 0.05) is 5.38 Å². The Kier molecular flexibility index (Phi) is 7.36. The van der Waals surface area contributed by atoms with Crippen molar-refractivity contribution < 1.29 is 4.74 Å². The normalized spacial score (nSPS) is 10.5. The molecule has 0 aliphatic heterocycles. The number of hydrogen-bond donors (Lipinski definition) is 0. The molecule has 0 atom stereocenters. The van der Waals surface area contributed by atoms with Crippen molar-refractivity contribution in [3.8, 4) is 5.75 Å². The van der Waals surface area contributed by atoms with Crippen molar-refractivity contribution in [1.29, 1.82) is 0 Å². The van der Waals surface area contributed by atoms with E-state index in [1.165, 1.54) is 44.9 Å². The third-order valence-electron chi connectivity index (χ3n) is 2.51. The maximum absolute atomic E-state index is 5.58. The SMILES string of the molecule is CCCCCCCCCOc1ccsc1. The standard InChI is InChI=1S/C13H22OS/c1-2-3-4-5-6-7-8-10-14-13-9-11-15-12-13/h9,11-12H,2-8,10H2,1H3. The van der Waals surface area contributed by atoms with Crippen LogP contribution in [0.4, 0.5) is 0 Å². The average Bonchev–Trinajstić information content (AvgIpc) is 2.75. The Hall–Kier alpha value is -0.500. The molecule has 0 aliphatic rings. The van der Waals surface area contributed by atoms with E-state index in [0.29, 0.717) is 0 Å². The summed E-state index contributed by atoms with van der Waals surface area (Å²) >= 11 is 1.69. The van der Waals surface area contributed by atoms with Crippen LogP contribution in [0.15, 0.2) is 16.8 Å². The van der Waals surface area contributed by atoms with Crippen molar-refractivity contribution >= 4 is 11.3 Å². The number of thiophene rings is 1. The third-order valence-corrected chi connectivity index (χ3v) is 3.17. The lowest BCUT2D eigenvalue weighted by Crippen LogP contribution is -1.95. The fourth-order valence-corrected chi connectivity index (χ4v) is 2.16. The van der Waals surface area contributed by atoms with Gasteiger partial charge in [-0.15, -0.1) is 11.3 Å². The molecular weight excluding hydrogens is 204 g/mol. The Balaban J connectivity index is 1.81.